The molecule has 2 amide bonds. The van der Waals surface area contributed by atoms with Gasteiger partial charge in [-0.15, -0.1) is 0 Å². The minimum atomic E-state index is -4.88. The molecule has 2 aliphatic heterocycles. The number of halogens is 3. The third kappa shape index (κ3) is 3.48. The largest absolute Gasteiger partial charge is 0.471 e. The number of amides is 2. The Morgan fingerprint density at radius 3 is 2.33 bits per heavy atom. The van der Waals surface area contributed by atoms with Crippen molar-refractivity contribution >= 4 is 12.0 Å². The van der Waals surface area contributed by atoms with Crippen molar-refractivity contribution in [1.29, 1.82) is 0 Å². The Kier molecular flexibility index (Phi) is 4.43. The van der Waals surface area contributed by atoms with E-state index in [0.717, 1.165) is 0 Å². The van der Waals surface area contributed by atoms with Crippen LogP contribution in [0.5, 0.6) is 0 Å². The van der Waals surface area contributed by atoms with Crippen molar-refractivity contribution in [3.63, 3.8) is 0 Å². The van der Waals surface area contributed by atoms with Gasteiger partial charge in [0.2, 0.25) is 0 Å². The highest BCUT2D eigenvalue weighted by Crippen LogP contribution is 2.36. The molecule has 0 saturated carbocycles. The number of rotatable bonds is 3. The Balaban J connectivity index is 1.94. The Hall–Kier alpha value is -1.73. The molecule has 0 spiro atoms. The minimum Gasteiger partial charge on any atom is -0.445 e. The van der Waals surface area contributed by atoms with Crippen LogP contribution in [0.3, 0.4) is 0 Å². The molecule has 2 rings (SSSR count). The summed E-state index contributed by atoms with van der Waals surface area (Å²) in [6.45, 7) is 3.55. The first-order valence-corrected chi connectivity index (χ1v) is 6.76. The summed E-state index contributed by atoms with van der Waals surface area (Å²) < 4.78 is 41.7. The second kappa shape index (κ2) is 5.95. The Bertz CT molecular complexity index is 425. The van der Waals surface area contributed by atoms with Crippen molar-refractivity contribution in [3.8, 4) is 0 Å². The number of hydrogen-bond donors (Lipinski definition) is 1. The lowest BCUT2D eigenvalue weighted by atomic mass is 9.97. The molecule has 0 radical (unpaired) electrons. The summed E-state index contributed by atoms with van der Waals surface area (Å²) in [6.07, 6.45) is -1.82. The van der Waals surface area contributed by atoms with E-state index in [9.17, 15) is 22.8 Å². The summed E-state index contributed by atoms with van der Waals surface area (Å²) in [7, 11) is 0. The van der Waals surface area contributed by atoms with E-state index in [4.69, 9.17) is 4.74 Å². The maximum atomic E-state index is 12.3. The molecule has 2 saturated heterocycles. The minimum absolute atomic E-state index is 0.100. The highest BCUT2D eigenvalue weighted by atomic mass is 19.4. The van der Waals surface area contributed by atoms with Crippen LogP contribution in [-0.2, 0) is 9.53 Å². The molecular formula is C13H17F3N2O3. The lowest BCUT2D eigenvalue weighted by molar-refractivity contribution is -0.174. The van der Waals surface area contributed by atoms with Gasteiger partial charge in [-0.3, -0.25) is 4.79 Å². The van der Waals surface area contributed by atoms with Crippen molar-refractivity contribution < 1.29 is 27.5 Å². The lowest BCUT2D eigenvalue weighted by Crippen LogP contribution is -2.54. The van der Waals surface area contributed by atoms with Crippen LogP contribution < -0.4 is 5.32 Å². The molecule has 0 aromatic heterocycles. The van der Waals surface area contributed by atoms with Crippen LogP contribution in [0.15, 0.2) is 12.7 Å². The lowest BCUT2D eigenvalue weighted by Gasteiger charge is -2.38. The maximum Gasteiger partial charge on any atom is 0.471 e. The fraction of sp³-hybridized carbons (Fsp3) is 0.692. The second-order valence-electron chi connectivity index (χ2n) is 5.30. The second-order valence-corrected chi connectivity index (χ2v) is 5.30. The molecule has 3 atom stereocenters. The Labute approximate surface area is 120 Å². The van der Waals surface area contributed by atoms with E-state index in [1.54, 1.807) is 4.90 Å². The molecule has 118 valence electrons. The van der Waals surface area contributed by atoms with E-state index in [-0.39, 0.29) is 18.7 Å². The fourth-order valence-corrected chi connectivity index (χ4v) is 3.06. The Morgan fingerprint density at radius 2 is 1.86 bits per heavy atom. The molecule has 0 aromatic carbocycles. The number of ether oxygens (including phenoxy) is 1. The van der Waals surface area contributed by atoms with Gasteiger partial charge < -0.3 is 15.0 Å². The van der Waals surface area contributed by atoms with Crippen LogP contribution in [0.25, 0.3) is 0 Å². The van der Waals surface area contributed by atoms with Crippen molar-refractivity contribution in [2.24, 2.45) is 0 Å². The standard InChI is InChI=1S/C13H17F3N2O3/c1-2-5-21-12(20)18-9-3-4-10(18)7-8(6-9)17-11(19)13(14,15)16/h2,8-10H,1,3-7H2,(H,17,19)/t8?,9-,10+. The number of hydrogen-bond acceptors (Lipinski definition) is 3. The summed E-state index contributed by atoms with van der Waals surface area (Å²) in [5, 5.41) is 2.00. The van der Waals surface area contributed by atoms with E-state index >= 15 is 0 Å². The van der Waals surface area contributed by atoms with E-state index in [1.165, 1.54) is 6.08 Å². The predicted molar refractivity (Wildman–Crippen MR) is 67.4 cm³/mol. The highest BCUT2D eigenvalue weighted by molar-refractivity contribution is 5.82. The van der Waals surface area contributed by atoms with Crippen LogP contribution in [0.1, 0.15) is 25.7 Å². The van der Waals surface area contributed by atoms with E-state index in [0.29, 0.717) is 25.7 Å². The smallest absolute Gasteiger partial charge is 0.445 e. The van der Waals surface area contributed by atoms with Crippen molar-refractivity contribution in [3.05, 3.63) is 12.7 Å². The molecule has 1 N–H and O–H groups in total. The highest BCUT2D eigenvalue weighted by Gasteiger charge is 2.46. The van der Waals surface area contributed by atoms with E-state index in [2.05, 4.69) is 6.58 Å². The van der Waals surface area contributed by atoms with Gasteiger partial charge in [0.05, 0.1) is 0 Å². The summed E-state index contributed by atoms with van der Waals surface area (Å²) in [5.41, 5.74) is 0. The van der Waals surface area contributed by atoms with Crippen LogP contribution >= 0.6 is 0 Å². The average Bonchev–Trinajstić information content (AvgIpc) is 2.66. The first kappa shape index (κ1) is 15.7. The van der Waals surface area contributed by atoms with Gasteiger partial charge in [0.1, 0.15) is 6.61 Å². The molecule has 2 fully saturated rings. The van der Waals surface area contributed by atoms with Gasteiger partial charge in [0, 0.05) is 18.1 Å². The average molecular weight is 306 g/mol. The SMILES string of the molecule is C=CCOC(=O)N1[C@@H]2CC[C@H]1CC(NC(=O)C(F)(F)F)C2. The zero-order valence-corrected chi connectivity index (χ0v) is 11.4. The number of nitrogens with one attached hydrogen (secondary N) is 1. The zero-order chi connectivity index (χ0) is 15.6. The van der Waals surface area contributed by atoms with Gasteiger partial charge in [0.15, 0.2) is 0 Å². The van der Waals surface area contributed by atoms with Gasteiger partial charge in [-0.1, -0.05) is 12.7 Å². The number of alkyl halides is 3. The maximum absolute atomic E-state index is 12.3. The van der Waals surface area contributed by atoms with Crippen LogP contribution in [0, 0.1) is 0 Å². The number of nitrogens with zero attached hydrogens (tertiary/aromatic N) is 1. The molecule has 0 aliphatic carbocycles. The number of piperidine rings is 1. The van der Waals surface area contributed by atoms with Crippen molar-refractivity contribution in [2.75, 3.05) is 6.61 Å². The molecule has 21 heavy (non-hydrogen) atoms. The van der Waals surface area contributed by atoms with Gasteiger partial charge >= 0.3 is 18.2 Å². The van der Waals surface area contributed by atoms with E-state index < -0.39 is 24.2 Å². The topological polar surface area (TPSA) is 58.6 Å². The quantitative estimate of drug-likeness (QED) is 0.811. The molecule has 2 aliphatic rings. The summed E-state index contributed by atoms with van der Waals surface area (Å²) >= 11 is 0. The van der Waals surface area contributed by atoms with Gasteiger partial charge in [-0.2, -0.15) is 13.2 Å². The summed E-state index contributed by atoms with van der Waals surface area (Å²) in [5.74, 6) is -1.92. The summed E-state index contributed by atoms with van der Waals surface area (Å²) in [6, 6.07) is -0.917. The van der Waals surface area contributed by atoms with E-state index in [1.807, 2.05) is 5.32 Å². The molecule has 1 unspecified atom stereocenters. The molecule has 5 nitrogen and oxygen atoms in total. The normalized spacial score (nSPS) is 28.1. The first-order chi connectivity index (χ1) is 9.82. The summed E-state index contributed by atoms with van der Waals surface area (Å²) in [4.78, 5) is 24.4. The van der Waals surface area contributed by atoms with Gasteiger partial charge in [-0.05, 0) is 25.7 Å². The van der Waals surface area contributed by atoms with Gasteiger partial charge in [0.25, 0.3) is 0 Å². The number of carbonyl (C=O) groups is 2. The monoisotopic (exact) mass is 306 g/mol. The predicted octanol–water partition coefficient (Wildman–Crippen LogP) is 1.98. The molecule has 2 heterocycles. The first-order valence-electron chi connectivity index (χ1n) is 6.76. The molecule has 8 heteroatoms. The zero-order valence-electron chi connectivity index (χ0n) is 11.4. The van der Waals surface area contributed by atoms with Crippen molar-refractivity contribution in [2.45, 2.75) is 50.0 Å². The molecule has 2 bridgehead atoms. The third-order valence-corrected chi connectivity index (χ3v) is 3.86. The molecule has 0 aromatic rings. The van der Waals surface area contributed by atoms with Gasteiger partial charge in [-0.25, -0.2) is 4.79 Å². The van der Waals surface area contributed by atoms with Crippen LogP contribution in [0.4, 0.5) is 18.0 Å². The fourth-order valence-electron chi connectivity index (χ4n) is 3.06. The third-order valence-electron chi connectivity index (χ3n) is 3.86. The number of carbonyl (C=O) groups excluding carboxylic acids is 2. The molecular weight excluding hydrogens is 289 g/mol. The Morgan fingerprint density at radius 1 is 1.29 bits per heavy atom. The van der Waals surface area contributed by atoms with Crippen LogP contribution in [-0.4, -0.2) is 47.8 Å². The van der Waals surface area contributed by atoms with Crippen LogP contribution in [0.2, 0.25) is 0 Å². The van der Waals surface area contributed by atoms with Crippen molar-refractivity contribution in [1.82, 2.24) is 10.2 Å². The number of fused-ring (bicyclic) bond motifs is 2.